The summed E-state index contributed by atoms with van der Waals surface area (Å²) in [5.41, 5.74) is 1.88. The molecule has 0 fully saturated rings. The zero-order valence-corrected chi connectivity index (χ0v) is 19.0. The van der Waals surface area contributed by atoms with Crippen LogP contribution < -0.4 is 14.8 Å². The average molecular weight is 443 g/mol. The van der Waals surface area contributed by atoms with Crippen LogP contribution in [0.5, 0.6) is 11.5 Å². The van der Waals surface area contributed by atoms with Crippen LogP contribution in [-0.2, 0) is 13.2 Å². The van der Waals surface area contributed by atoms with Crippen LogP contribution in [0.25, 0.3) is 0 Å². The van der Waals surface area contributed by atoms with E-state index in [-0.39, 0.29) is 30.4 Å². The number of carbonyl (C=O) groups is 1. The highest BCUT2D eigenvalue weighted by Gasteiger charge is 2.21. The van der Waals surface area contributed by atoms with E-state index in [0.29, 0.717) is 10.8 Å². The van der Waals surface area contributed by atoms with Gasteiger partial charge in [0.05, 0.1) is 7.11 Å². The third-order valence-corrected chi connectivity index (χ3v) is 4.78. The monoisotopic (exact) mass is 442 g/mol. The highest BCUT2D eigenvalue weighted by Crippen LogP contribution is 2.34. The van der Waals surface area contributed by atoms with Crippen molar-refractivity contribution in [3.63, 3.8) is 0 Å². The second-order valence-electron chi connectivity index (χ2n) is 6.13. The van der Waals surface area contributed by atoms with Gasteiger partial charge < -0.3 is 14.8 Å². The van der Waals surface area contributed by atoms with Crippen molar-refractivity contribution in [2.24, 2.45) is 0 Å². The molecule has 31 heavy (non-hydrogen) atoms. The summed E-state index contributed by atoms with van der Waals surface area (Å²) in [5.74, 6) is 0.000286. The summed E-state index contributed by atoms with van der Waals surface area (Å²) < 4.78 is 24.4. The Morgan fingerprint density at radius 1 is 1.06 bits per heavy atom. The number of ether oxygens (including phenoxy) is 2. The molecule has 3 rings (SSSR count). The number of carbonyl (C=O) groups excluding carboxylic acids is 1. The lowest BCUT2D eigenvalue weighted by Crippen LogP contribution is -2.25. The summed E-state index contributed by atoms with van der Waals surface area (Å²) >= 11 is 1.40. The van der Waals surface area contributed by atoms with Gasteiger partial charge in [-0.1, -0.05) is 56.3 Å². The number of nitrogens with one attached hydrogen (secondary N) is 1. The van der Waals surface area contributed by atoms with Crippen molar-refractivity contribution < 1.29 is 18.7 Å². The summed E-state index contributed by atoms with van der Waals surface area (Å²) in [7, 11) is 1.52. The number of aromatic nitrogens is 1. The number of rotatable bonds is 8. The van der Waals surface area contributed by atoms with Gasteiger partial charge in [-0.3, -0.25) is 4.79 Å². The number of hydrogen-bond acceptors (Lipinski definition) is 5. The van der Waals surface area contributed by atoms with Gasteiger partial charge in [-0.2, -0.15) is 0 Å². The Balaban J connectivity index is 0.00000166. The van der Waals surface area contributed by atoms with E-state index < -0.39 is 5.91 Å². The Morgan fingerprint density at radius 3 is 2.35 bits per heavy atom. The van der Waals surface area contributed by atoms with E-state index in [9.17, 15) is 9.18 Å². The van der Waals surface area contributed by atoms with E-state index in [4.69, 9.17) is 9.47 Å². The molecule has 0 unspecified atom stereocenters. The fourth-order valence-corrected chi connectivity index (χ4v) is 3.04. The number of thioether (sulfide) groups is 1. The molecule has 0 aliphatic heterocycles. The molecule has 1 amide bonds. The highest BCUT2D eigenvalue weighted by molar-refractivity contribution is 7.98. The summed E-state index contributed by atoms with van der Waals surface area (Å²) in [6.07, 6.45) is 1.87. The minimum absolute atomic E-state index is 0.145. The summed E-state index contributed by atoms with van der Waals surface area (Å²) in [6, 6.07) is 17.3. The van der Waals surface area contributed by atoms with Crippen molar-refractivity contribution >= 4 is 17.7 Å². The first-order chi connectivity index (χ1) is 15.1. The predicted octanol–water partition coefficient (Wildman–Crippen LogP) is 5.49. The number of benzene rings is 2. The van der Waals surface area contributed by atoms with E-state index in [1.807, 2.05) is 50.4 Å². The maximum atomic E-state index is 13.1. The largest absolute Gasteiger partial charge is 0.493 e. The molecule has 0 saturated heterocycles. The van der Waals surface area contributed by atoms with E-state index in [1.54, 1.807) is 18.2 Å². The Kier molecular flexibility index (Phi) is 9.84. The molecule has 0 spiro atoms. The van der Waals surface area contributed by atoms with Crippen LogP contribution in [-0.4, -0.2) is 24.3 Å². The summed E-state index contributed by atoms with van der Waals surface area (Å²) in [5, 5.41) is 3.45. The number of halogens is 1. The number of methoxy groups -OCH3 is 1. The van der Waals surface area contributed by atoms with Gasteiger partial charge in [0.15, 0.2) is 17.2 Å². The zero-order chi connectivity index (χ0) is 22.6. The van der Waals surface area contributed by atoms with Crippen molar-refractivity contribution in [1.82, 2.24) is 10.3 Å². The van der Waals surface area contributed by atoms with Crippen molar-refractivity contribution in [2.45, 2.75) is 32.0 Å². The Morgan fingerprint density at radius 2 is 1.74 bits per heavy atom. The lowest BCUT2D eigenvalue weighted by molar-refractivity contribution is 0.0939. The average Bonchev–Trinajstić information content (AvgIpc) is 2.83. The maximum absolute atomic E-state index is 13.1. The first-order valence-corrected chi connectivity index (χ1v) is 11.2. The van der Waals surface area contributed by atoms with E-state index >= 15 is 0 Å². The SMILES string of the molecule is CC.COc1cc(SC)nc(C(=O)NCc2ccc(F)cc2)c1OCc1ccccc1. The molecule has 1 heterocycles. The number of nitrogens with zero attached hydrogens (tertiary/aromatic N) is 1. The lowest BCUT2D eigenvalue weighted by atomic mass is 10.2. The quantitative estimate of drug-likeness (QED) is 0.468. The van der Waals surface area contributed by atoms with Gasteiger partial charge in [-0.25, -0.2) is 9.37 Å². The minimum atomic E-state index is -0.397. The molecule has 2 aromatic carbocycles. The van der Waals surface area contributed by atoms with Gasteiger partial charge in [0.1, 0.15) is 17.5 Å². The first-order valence-electron chi connectivity index (χ1n) is 9.93. The van der Waals surface area contributed by atoms with Gasteiger partial charge in [0, 0.05) is 12.6 Å². The first kappa shape index (κ1) is 24.2. The Labute approximate surface area is 187 Å². The predicted molar refractivity (Wildman–Crippen MR) is 122 cm³/mol. The van der Waals surface area contributed by atoms with Crippen molar-refractivity contribution in [1.29, 1.82) is 0 Å². The molecule has 0 aliphatic carbocycles. The van der Waals surface area contributed by atoms with Gasteiger partial charge in [-0.05, 0) is 29.5 Å². The van der Waals surface area contributed by atoms with Crippen LogP contribution in [0.1, 0.15) is 35.5 Å². The van der Waals surface area contributed by atoms with Crippen LogP contribution in [0.15, 0.2) is 65.7 Å². The molecule has 5 nitrogen and oxygen atoms in total. The van der Waals surface area contributed by atoms with Gasteiger partial charge in [0.25, 0.3) is 5.91 Å². The van der Waals surface area contributed by atoms with Crippen LogP contribution in [0, 0.1) is 5.82 Å². The molecular formula is C24H27FN2O3S. The fraction of sp³-hybridized carbons (Fsp3) is 0.250. The summed E-state index contributed by atoms with van der Waals surface area (Å²) in [6.45, 7) is 4.51. The molecule has 164 valence electrons. The van der Waals surface area contributed by atoms with Crippen molar-refractivity contribution in [3.8, 4) is 11.5 Å². The number of amides is 1. The third kappa shape index (κ3) is 7.00. The minimum Gasteiger partial charge on any atom is -0.493 e. The molecule has 3 aromatic rings. The molecular weight excluding hydrogens is 415 g/mol. The second kappa shape index (κ2) is 12.6. The molecule has 7 heteroatoms. The summed E-state index contributed by atoms with van der Waals surface area (Å²) in [4.78, 5) is 17.3. The highest BCUT2D eigenvalue weighted by atomic mass is 32.2. The van der Waals surface area contributed by atoms with Crippen LogP contribution in [0.4, 0.5) is 4.39 Å². The lowest BCUT2D eigenvalue weighted by Gasteiger charge is -2.16. The van der Waals surface area contributed by atoms with Crippen LogP contribution in [0.3, 0.4) is 0 Å². The fourth-order valence-electron chi connectivity index (χ4n) is 2.64. The topological polar surface area (TPSA) is 60.5 Å². The van der Waals surface area contributed by atoms with E-state index in [1.165, 1.54) is 31.0 Å². The van der Waals surface area contributed by atoms with Gasteiger partial charge >= 0.3 is 0 Å². The van der Waals surface area contributed by atoms with E-state index in [0.717, 1.165) is 11.1 Å². The molecule has 0 bridgehead atoms. The van der Waals surface area contributed by atoms with Crippen molar-refractivity contribution in [2.75, 3.05) is 13.4 Å². The number of pyridine rings is 1. The van der Waals surface area contributed by atoms with Gasteiger partial charge in [0.2, 0.25) is 0 Å². The molecule has 0 saturated carbocycles. The molecule has 1 N–H and O–H groups in total. The van der Waals surface area contributed by atoms with Crippen LogP contribution >= 0.6 is 11.8 Å². The molecule has 1 aromatic heterocycles. The standard InChI is InChI=1S/C22H21FN2O3S.C2H6/c1-27-18-12-19(29-2)25-20(21(18)28-14-16-6-4-3-5-7-16)22(26)24-13-15-8-10-17(23)11-9-15;1-2/h3-12H,13-14H2,1-2H3,(H,24,26);1-2H3. The van der Waals surface area contributed by atoms with Gasteiger partial charge in [-0.15, -0.1) is 11.8 Å². The second-order valence-corrected chi connectivity index (χ2v) is 6.95. The number of hydrogen-bond donors (Lipinski definition) is 1. The zero-order valence-electron chi connectivity index (χ0n) is 18.1. The molecule has 0 atom stereocenters. The normalized spacial score (nSPS) is 9.97. The molecule has 0 aliphatic rings. The maximum Gasteiger partial charge on any atom is 0.274 e. The molecule has 0 radical (unpaired) electrons. The smallest absolute Gasteiger partial charge is 0.274 e. The third-order valence-electron chi connectivity index (χ3n) is 4.15. The Hall–Kier alpha value is -3.06. The van der Waals surface area contributed by atoms with E-state index in [2.05, 4.69) is 10.3 Å². The van der Waals surface area contributed by atoms with Crippen LogP contribution in [0.2, 0.25) is 0 Å². The van der Waals surface area contributed by atoms with Crippen molar-refractivity contribution in [3.05, 3.63) is 83.3 Å². The Bertz CT molecular complexity index is 967.